The molecular formula is C10H14N6O4. The zero-order valence-electron chi connectivity index (χ0n) is 11.5. The second-order valence-electron chi connectivity index (χ2n) is 4.03. The van der Waals surface area contributed by atoms with Gasteiger partial charge in [0.15, 0.2) is 0 Å². The summed E-state index contributed by atoms with van der Waals surface area (Å²) in [4.78, 5) is 26.5. The number of nitrogens with zero attached hydrogens (tertiary/aromatic N) is 6. The van der Waals surface area contributed by atoms with Gasteiger partial charge in [0.05, 0.1) is 0 Å². The van der Waals surface area contributed by atoms with Crippen LogP contribution in [0.4, 0.5) is 11.6 Å². The highest BCUT2D eigenvalue weighted by atomic mass is 16.6. The van der Waals surface area contributed by atoms with E-state index in [4.69, 9.17) is 0 Å². The van der Waals surface area contributed by atoms with E-state index in [1.54, 1.807) is 37.1 Å². The van der Waals surface area contributed by atoms with Crippen LogP contribution < -0.4 is 0 Å². The van der Waals surface area contributed by atoms with Crippen LogP contribution in [0.1, 0.15) is 11.6 Å². The molecule has 0 saturated heterocycles. The maximum Gasteiger partial charge on any atom is 0.381 e. The quantitative estimate of drug-likeness (QED) is 0.603. The van der Waals surface area contributed by atoms with E-state index in [0.717, 1.165) is 0 Å². The summed E-state index contributed by atoms with van der Waals surface area (Å²) >= 11 is 0. The van der Waals surface area contributed by atoms with E-state index in [9.17, 15) is 20.2 Å². The molecule has 0 radical (unpaired) electrons. The normalized spacial score (nSPS) is 9.80. The monoisotopic (exact) mass is 282 g/mol. The maximum atomic E-state index is 10.1. The van der Waals surface area contributed by atoms with Gasteiger partial charge in [0.2, 0.25) is 11.6 Å². The number of rotatable bonds is 2. The molecular weight excluding hydrogens is 268 g/mol. The van der Waals surface area contributed by atoms with Gasteiger partial charge in [-0.25, -0.2) is 0 Å². The molecule has 0 aromatic carbocycles. The smallest absolute Gasteiger partial charge is 0.358 e. The van der Waals surface area contributed by atoms with Crippen LogP contribution in [0.2, 0.25) is 0 Å². The van der Waals surface area contributed by atoms with Crippen LogP contribution in [0, 0.1) is 34.1 Å². The Morgan fingerprint density at radius 1 is 0.900 bits per heavy atom. The summed E-state index contributed by atoms with van der Waals surface area (Å²) in [5.74, 6) is 1.10. The first kappa shape index (κ1) is 15.3. The van der Waals surface area contributed by atoms with E-state index in [2.05, 4.69) is 9.97 Å². The van der Waals surface area contributed by atoms with Crippen molar-refractivity contribution in [3.05, 3.63) is 44.3 Å². The lowest BCUT2D eigenvalue weighted by atomic mass is 10.7. The van der Waals surface area contributed by atoms with Gasteiger partial charge in [-0.05, 0) is 19.8 Å². The average Bonchev–Trinajstić information content (AvgIpc) is 2.85. The largest absolute Gasteiger partial charge is 0.381 e. The number of aryl methyl sites for hydroxylation is 4. The van der Waals surface area contributed by atoms with Crippen molar-refractivity contribution in [1.29, 1.82) is 0 Å². The van der Waals surface area contributed by atoms with Crippen molar-refractivity contribution in [3.63, 3.8) is 0 Å². The van der Waals surface area contributed by atoms with Crippen LogP contribution in [0.5, 0.6) is 0 Å². The highest BCUT2D eigenvalue weighted by Crippen LogP contribution is 2.08. The zero-order chi connectivity index (χ0) is 15.4. The van der Waals surface area contributed by atoms with Gasteiger partial charge in [0.25, 0.3) is 0 Å². The predicted octanol–water partition coefficient (Wildman–Crippen LogP) is 1.27. The first-order valence-corrected chi connectivity index (χ1v) is 5.51. The van der Waals surface area contributed by atoms with Crippen molar-refractivity contribution in [2.45, 2.75) is 13.8 Å². The van der Waals surface area contributed by atoms with Crippen molar-refractivity contribution in [1.82, 2.24) is 19.1 Å². The topological polar surface area (TPSA) is 122 Å². The number of imidazole rings is 2. The zero-order valence-corrected chi connectivity index (χ0v) is 11.5. The van der Waals surface area contributed by atoms with Crippen LogP contribution in [0.25, 0.3) is 0 Å². The lowest BCUT2D eigenvalue weighted by molar-refractivity contribution is -0.389. The molecule has 2 aromatic rings. The van der Waals surface area contributed by atoms with Crippen LogP contribution >= 0.6 is 0 Å². The van der Waals surface area contributed by atoms with E-state index in [1.165, 1.54) is 12.4 Å². The minimum absolute atomic E-state index is 0.0972. The molecule has 2 heterocycles. The summed E-state index contributed by atoms with van der Waals surface area (Å²) in [6.45, 7) is 3.43. The Morgan fingerprint density at radius 3 is 1.30 bits per heavy atom. The van der Waals surface area contributed by atoms with E-state index >= 15 is 0 Å². The van der Waals surface area contributed by atoms with E-state index in [-0.39, 0.29) is 11.6 Å². The molecule has 2 rings (SSSR count). The van der Waals surface area contributed by atoms with Crippen molar-refractivity contribution in [3.8, 4) is 0 Å². The molecule has 0 amide bonds. The molecule has 0 unspecified atom stereocenters. The molecule has 0 atom stereocenters. The molecule has 0 spiro atoms. The fourth-order valence-electron chi connectivity index (χ4n) is 1.26. The molecule has 0 aliphatic heterocycles. The second kappa shape index (κ2) is 5.91. The van der Waals surface area contributed by atoms with E-state index in [1.807, 2.05) is 0 Å². The first-order chi connectivity index (χ1) is 9.22. The van der Waals surface area contributed by atoms with E-state index in [0.29, 0.717) is 11.6 Å². The molecule has 2 aromatic heterocycles. The summed E-state index contributed by atoms with van der Waals surface area (Å²) < 4.78 is 3.22. The van der Waals surface area contributed by atoms with Gasteiger partial charge >= 0.3 is 11.6 Å². The summed E-state index contributed by atoms with van der Waals surface area (Å²) in [7, 11) is 3.44. The third-order valence-corrected chi connectivity index (χ3v) is 2.57. The molecule has 10 nitrogen and oxygen atoms in total. The minimum Gasteiger partial charge on any atom is -0.358 e. The Labute approximate surface area is 114 Å². The van der Waals surface area contributed by atoms with Gasteiger partial charge in [-0.1, -0.05) is 0 Å². The Morgan fingerprint density at radius 2 is 1.20 bits per heavy atom. The second-order valence-corrected chi connectivity index (χ2v) is 4.03. The fourth-order valence-corrected chi connectivity index (χ4v) is 1.26. The Kier molecular flexibility index (Phi) is 4.51. The fraction of sp³-hybridized carbons (Fsp3) is 0.400. The number of hydrogen-bond donors (Lipinski definition) is 0. The first-order valence-electron chi connectivity index (χ1n) is 5.51. The minimum atomic E-state index is -0.507. The van der Waals surface area contributed by atoms with Crippen molar-refractivity contribution in [2.24, 2.45) is 14.1 Å². The molecule has 0 N–H and O–H groups in total. The molecule has 0 saturated carbocycles. The Hall–Kier alpha value is -2.78. The van der Waals surface area contributed by atoms with Crippen molar-refractivity contribution >= 4 is 11.6 Å². The number of aromatic nitrogens is 4. The molecule has 0 aliphatic rings. The summed E-state index contributed by atoms with van der Waals surface area (Å²) in [6.07, 6.45) is 2.77. The summed E-state index contributed by atoms with van der Waals surface area (Å²) in [5, 5.41) is 20.2. The third-order valence-electron chi connectivity index (χ3n) is 2.57. The SMILES string of the molecule is Cc1nc([N+](=O)[O-])cn1C.Cc1nc([N+](=O)[O-])cn1C. The number of hydrogen-bond acceptors (Lipinski definition) is 6. The summed E-state index contributed by atoms with van der Waals surface area (Å²) in [6, 6.07) is 0. The van der Waals surface area contributed by atoms with Gasteiger partial charge in [0.1, 0.15) is 12.4 Å². The highest BCUT2D eigenvalue weighted by Gasteiger charge is 2.12. The maximum absolute atomic E-state index is 10.1. The van der Waals surface area contributed by atoms with Gasteiger partial charge in [-0.2, -0.15) is 0 Å². The molecule has 108 valence electrons. The lowest BCUT2D eigenvalue weighted by Crippen LogP contribution is -1.86. The highest BCUT2D eigenvalue weighted by molar-refractivity contribution is 5.16. The van der Waals surface area contributed by atoms with Gasteiger partial charge < -0.3 is 29.4 Å². The van der Waals surface area contributed by atoms with Crippen LogP contribution in [0.3, 0.4) is 0 Å². The van der Waals surface area contributed by atoms with Gasteiger partial charge in [-0.3, -0.25) is 0 Å². The molecule has 0 aliphatic carbocycles. The summed E-state index contributed by atoms with van der Waals surface area (Å²) in [5.41, 5.74) is 0. The Bertz CT molecular complexity index is 549. The third kappa shape index (κ3) is 3.60. The molecule has 0 bridgehead atoms. The Balaban J connectivity index is 0.000000200. The van der Waals surface area contributed by atoms with Crippen LogP contribution in [0.15, 0.2) is 12.4 Å². The molecule has 0 fully saturated rings. The molecule has 10 heteroatoms. The van der Waals surface area contributed by atoms with Crippen molar-refractivity contribution in [2.75, 3.05) is 0 Å². The van der Waals surface area contributed by atoms with Gasteiger partial charge in [0, 0.05) is 27.9 Å². The number of nitro groups is 2. The predicted molar refractivity (Wildman–Crippen MR) is 69.2 cm³/mol. The molecule has 20 heavy (non-hydrogen) atoms. The van der Waals surface area contributed by atoms with Crippen LogP contribution in [-0.4, -0.2) is 28.9 Å². The average molecular weight is 282 g/mol. The van der Waals surface area contributed by atoms with Gasteiger partial charge in [-0.15, -0.1) is 0 Å². The lowest BCUT2D eigenvalue weighted by Gasteiger charge is -1.83. The van der Waals surface area contributed by atoms with E-state index < -0.39 is 9.85 Å². The standard InChI is InChI=1S/2C5H7N3O2/c2*1-4-6-5(8(9)10)3-7(4)2/h2*3H,1-2H3. The van der Waals surface area contributed by atoms with Crippen LogP contribution in [-0.2, 0) is 14.1 Å². The van der Waals surface area contributed by atoms with Crippen molar-refractivity contribution < 1.29 is 9.85 Å².